The van der Waals surface area contributed by atoms with Crippen LogP contribution in [0.25, 0.3) is 11.3 Å². The molecule has 0 aliphatic heterocycles. The summed E-state index contributed by atoms with van der Waals surface area (Å²) < 4.78 is 14.7. The number of halogens is 2. The number of hydrogen-bond acceptors (Lipinski definition) is 6. The lowest BCUT2D eigenvalue weighted by molar-refractivity contribution is 0.632. The molecule has 0 aliphatic carbocycles. The predicted molar refractivity (Wildman–Crippen MR) is 105 cm³/mol. The van der Waals surface area contributed by atoms with Gasteiger partial charge in [0, 0.05) is 10.9 Å². The van der Waals surface area contributed by atoms with Crippen LogP contribution in [0.2, 0.25) is 0 Å². The molecule has 0 fully saturated rings. The normalized spacial score (nSPS) is 10.2. The highest BCUT2D eigenvalue weighted by Gasteiger charge is 2.15. The molecular formula is C15H14ClFN4S3. The van der Waals surface area contributed by atoms with Crippen molar-refractivity contribution in [3.05, 3.63) is 46.4 Å². The number of amidine groups is 1. The number of nitrogens with one attached hydrogen (secondary N) is 2. The third-order valence-corrected chi connectivity index (χ3v) is 6.11. The third-order valence-electron chi connectivity index (χ3n) is 3.04. The molecule has 2 aromatic heterocycles. The van der Waals surface area contributed by atoms with Gasteiger partial charge in [-0.2, -0.15) is 0 Å². The van der Waals surface area contributed by atoms with Gasteiger partial charge in [-0.1, -0.05) is 12.1 Å². The average molecular weight is 401 g/mol. The Morgan fingerprint density at radius 1 is 1.38 bits per heavy atom. The molecule has 0 aliphatic rings. The summed E-state index contributed by atoms with van der Waals surface area (Å²) in [6.45, 7) is 0. The lowest BCUT2D eigenvalue weighted by atomic mass is 10.2. The van der Waals surface area contributed by atoms with Crippen molar-refractivity contribution in [3.63, 3.8) is 0 Å². The molecule has 0 saturated heterocycles. The highest BCUT2D eigenvalue weighted by molar-refractivity contribution is 8.00. The van der Waals surface area contributed by atoms with Crippen LogP contribution in [0, 0.1) is 11.2 Å². The molecule has 0 atom stereocenters. The van der Waals surface area contributed by atoms with Gasteiger partial charge in [-0.25, -0.2) is 9.37 Å². The lowest BCUT2D eigenvalue weighted by Gasteiger charge is -2.03. The molecule has 0 bridgehead atoms. The van der Waals surface area contributed by atoms with Gasteiger partial charge >= 0.3 is 0 Å². The van der Waals surface area contributed by atoms with Crippen LogP contribution in [0.1, 0.15) is 4.88 Å². The van der Waals surface area contributed by atoms with Gasteiger partial charge in [-0.3, -0.25) is 5.41 Å². The lowest BCUT2D eigenvalue weighted by Crippen LogP contribution is -2.08. The Labute approximate surface area is 157 Å². The number of thiazole rings is 1. The van der Waals surface area contributed by atoms with E-state index >= 15 is 0 Å². The number of nitrogens with two attached hydrogens (primary N) is 1. The number of anilines is 2. The molecule has 0 saturated carbocycles. The van der Waals surface area contributed by atoms with Gasteiger partial charge in [-0.05, 0) is 24.5 Å². The van der Waals surface area contributed by atoms with Crippen molar-refractivity contribution in [1.82, 2.24) is 4.98 Å². The van der Waals surface area contributed by atoms with Gasteiger partial charge in [0.05, 0.1) is 20.5 Å². The second kappa shape index (κ2) is 7.98. The first-order chi connectivity index (χ1) is 11.1. The first-order valence-electron chi connectivity index (χ1n) is 6.58. The largest absolute Gasteiger partial charge is 0.383 e. The summed E-state index contributed by atoms with van der Waals surface area (Å²) in [6.07, 6.45) is 1.98. The van der Waals surface area contributed by atoms with Crippen LogP contribution in [-0.4, -0.2) is 17.1 Å². The number of thioether (sulfide) groups is 1. The van der Waals surface area contributed by atoms with Gasteiger partial charge in [0.2, 0.25) is 0 Å². The van der Waals surface area contributed by atoms with E-state index in [1.807, 2.05) is 17.7 Å². The fourth-order valence-corrected chi connectivity index (χ4v) is 4.44. The predicted octanol–water partition coefficient (Wildman–Crippen LogP) is 5.18. The summed E-state index contributed by atoms with van der Waals surface area (Å²) in [4.78, 5) is 5.24. The number of nitrogen functional groups attached to an aromatic ring is 1. The van der Waals surface area contributed by atoms with Gasteiger partial charge < -0.3 is 11.1 Å². The van der Waals surface area contributed by atoms with E-state index in [9.17, 15) is 4.39 Å². The van der Waals surface area contributed by atoms with Crippen molar-refractivity contribution >= 4 is 63.5 Å². The molecule has 0 unspecified atom stereocenters. The summed E-state index contributed by atoms with van der Waals surface area (Å²) in [5.74, 6) is -0.264. The molecule has 126 valence electrons. The van der Waals surface area contributed by atoms with E-state index in [1.54, 1.807) is 30.0 Å². The molecule has 2 heterocycles. The van der Waals surface area contributed by atoms with Gasteiger partial charge in [0.1, 0.15) is 11.7 Å². The zero-order chi connectivity index (χ0) is 16.4. The Bertz CT molecular complexity index is 862. The molecule has 0 amide bonds. The van der Waals surface area contributed by atoms with E-state index in [1.165, 1.54) is 28.7 Å². The molecule has 4 N–H and O–H groups in total. The van der Waals surface area contributed by atoms with Crippen molar-refractivity contribution < 1.29 is 4.39 Å². The third kappa shape index (κ3) is 3.89. The highest BCUT2D eigenvalue weighted by Crippen LogP contribution is 2.39. The number of aromatic nitrogens is 1. The maximum atomic E-state index is 13.7. The van der Waals surface area contributed by atoms with Gasteiger partial charge in [0.25, 0.3) is 0 Å². The Balaban J connectivity index is 0.00000208. The second-order valence-electron chi connectivity index (χ2n) is 4.57. The Hall–Kier alpha value is -1.61. The van der Waals surface area contributed by atoms with E-state index < -0.39 is 0 Å². The second-order valence-corrected chi connectivity index (χ2v) is 7.56. The minimum atomic E-state index is -0.316. The van der Waals surface area contributed by atoms with Crippen LogP contribution in [0.3, 0.4) is 0 Å². The maximum absolute atomic E-state index is 13.7. The molecule has 9 heteroatoms. The zero-order valence-electron chi connectivity index (χ0n) is 12.5. The molecule has 24 heavy (non-hydrogen) atoms. The summed E-state index contributed by atoms with van der Waals surface area (Å²) >= 11 is 4.48. The highest BCUT2D eigenvalue weighted by atomic mass is 35.5. The molecule has 3 aromatic rings. The number of hydrogen-bond donors (Lipinski definition) is 3. The molecular weight excluding hydrogens is 387 g/mol. The van der Waals surface area contributed by atoms with E-state index in [4.69, 9.17) is 11.1 Å². The van der Waals surface area contributed by atoms with Gasteiger partial charge in [0.15, 0.2) is 5.13 Å². The summed E-state index contributed by atoms with van der Waals surface area (Å²) in [5.41, 5.74) is 7.70. The first kappa shape index (κ1) is 18.7. The summed E-state index contributed by atoms with van der Waals surface area (Å²) in [6, 6.07) is 8.36. The fourth-order valence-electron chi connectivity index (χ4n) is 1.97. The van der Waals surface area contributed by atoms with Crippen LogP contribution in [-0.2, 0) is 0 Å². The first-order valence-corrected chi connectivity index (χ1v) is 9.50. The smallest absolute Gasteiger partial charge is 0.187 e. The van der Waals surface area contributed by atoms with Gasteiger partial charge in [-0.15, -0.1) is 46.8 Å². The molecule has 1 aromatic carbocycles. The number of thiophene rings is 1. The van der Waals surface area contributed by atoms with E-state index in [0.717, 1.165) is 20.3 Å². The minimum absolute atomic E-state index is 0. The molecule has 4 nitrogen and oxygen atoms in total. The number of nitrogens with zero attached hydrogens (tertiary/aromatic N) is 1. The van der Waals surface area contributed by atoms with Crippen molar-refractivity contribution in [1.29, 1.82) is 5.41 Å². The minimum Gasteiger partial charge on any atom is -0.383 e. The Morgan fingerprint density at radius 2 is 2.12 bits per heavy atom. The Morgan fingerprint density at radius 3 is 2.79 bits per heavy atom. The van der Waals surface area contributed by atoms with Crippen molar-refractivity contribution in [3.8, 4) is 11.3 Å². The molecule has 0 spiro atoms. The van der Waals surface area contributed by atoms with Crippen LogP contribution in [0.5, 0.6) is 0 Å². The summed E-state index contributed by atoms with van der Waals surface area (Å²) in [7, 11) is 0. The van der Waals surface area contributed by atoms with Crippen LogP contribution in [0.15, 0.2) is 39.9 Å². The zero-order valence-corrected chi connectivity index (χ0v) is 15.8. The number of benzene rings is 1. The summed E-state index contributed by atoms with van der Waals surface area (Å²) in [5, 5.41) is 13.1. The molecule has 3 rings (SSSR count). The fraction of sp³-hybridized carbons (Fsp3) is 0.0667. The van der Waals surface area contributed by atoms with Crippen LogP contribution < -0.4 is 11.1 Å². The average Bonchev–Trinajstić information content (AvgIpc) is 3.15. The van der Waals surface area contributed by atoms with Crippen molar-refractivity contribution in [2.45, 2.75) is 4.21 Å². The van der Waals surface area contributed by atoms with Crippen LogP contribution in [0.4, 0.5) is 15.2 Å². The standard InChI is InChI=1S/C15H13FN4S3.ClH/c1-21-14-8(6-12(23-14)13(17)18)11-7-22-15(20-11)19-10-5-3-2-4-9(10)16;/h2-7H,1H3,(H3,17,18)(H,19,20);1H. The van der Waals surface area contributed by atoms with E-state index in [2.05, 4.69) is 10.3 Å². The number of rotatable bonds is 5. The SMILES string of the molecule is CSc1sc(C(=N)N)cc1-c1csc(Nc2ccccc2F)n1.Cl. The molecule has 0 radical (unpaired) electrons. The van der Waals surface area contributed by atoms with Crippen molar-refractivity contribution in [2.75, 3.05) is 11.6 Å². The topological polar surface area (TPSA) is 74.8 Å². The maximum Gasteiger partial charge on any atom is 0.187 e. The number of para-hydroxylation sites is 1. The monoisotopic (exact) mass is 400 g/mol. The quantitative estimate of drug-likeness (QED) is 0.313. The van der Waals surface area contributed by atoms with Crippen molar-refractivity contribution in [2.24, 2.45) is 5.73 Å². The Kier molecular flexibility index (Phi) is 6.22. The van der Waals surface area contributed by atoms with E-state index in [0.29, 0.717) is 10.8 Å². The van der Waals surface area contributed by atoms with Crippen LogP contribution >= 0.6 is 46.8 Å². The van der Waals surface area contributed by atoms with E-state index in [-0.39, 0.29) is 24.1 Å².